The lowest BCUT2D eigenvalue weighted by Gasteiger charge is -2.07. The summed E-state index contributed by atoms with van der Waals surface area (Å²) in [6.45, 7) is 0. The van der Waals surface area contributed by atoms with Crippen LogP contribution in [0.3, 0.4) is 0 Å². The standard InChI is InChI=1S/C18H13FN6O3S/c19-13-6-11(3-4-14(13)25-10-20-9-21-25)22-16(26)7-12-8-29-18(23-12)24-17(27)15-2-1-5-28-15/h1-6,8-10H,7H2,(H,22,26)(H,23,24,27). The van der Waals surface area contributed by atoms with Crippen LogP contribution in [-0.2, 0) is 11.2 Å². The first-order chi connectivity index (χ1) is 14.1. The predicted octanol–water partition coefficient (Wildman–Crippen LogP) is 2.89. The molecule has 2 N–H and O–H groups in total. The van der Waals surface area contributed by atoms with E-state index >= 15 is 0 Å². The van der Waals surface area contributed by atoms with E-state index in [1.54, 1.807) is 17.5 Å². The van der Waals surface area contributed by atoms with E-state index in [0.29, 0.717) is 16.5 Å². The molecular formula is C18H13FN6O3S. The number of halogens is 1. The number of benzene rings is 1. The molecule has 0 radical (unpaired) electrons. The summed E-state index contributed by atoms with van der Waals surface area (Å²) in [5.41, 5.74) is 0.997. The Bertz CT molecular complexity index is 1140. The van der Waals surface area contributed by atoms with Crippen molar-refractivity contribution in [1.29, 1.82) is 0 Å². The lowest BCUT2D eigenvalue weighted by molar-refractivity contribution is -0.115. The zero-order valence-electron chi connectivity index (χ0n) is 14.7. The van der Waals surface area contributed by atoms with Gasteiger partial charge in [0.25, 0.3) is 5.91 Å². The SMILES string of the molecule is O=C(Cc1csc(NC(=O)c2ccco2)n1)Nc1ccc(-n2cncn2)c(F)c1. The summed E-state index contributed by atoms with van der Waals surface area (Å²) in [7, 11) is 0. The molecule has 0 aliphatic heterocycles. The zero-order valence-corrected chi connectivity index (χ0v) is 15.5. The van der Waals surface area contributed by atoms with E-state index < -0.39 is 11.7 Å². The first-order valence-electron chi connectivity index (χ1n) is 8.32. The summed E-state index contributed by atoms with van der Waals surface area (Å²) in [6, 6.07) is 7.39. The molecular weight excluding hydrogens is 399 g/mol. The molecule has 3 aromatic heterocycles. The number of carbonyl (C=O) groups excluding carboxylic acids is 2. The number of nitrogens with zero attached hydrogens (tertiary/aromatic N) is 4. The van der Waals surface area contributed by atoms with E-state index in [2.05, 4.69) is 25.7 Å². The molecule has 1 aromatic carbocycles. The summed E-state index contributed by atoms with van der Waals surface area (Å²) < 4.78 is 20.5. The number of hydrogen-bond donors (Lipinski definition) is 2. The molecule has 11 heteroatoms. The first-order valence-corrected chi connectivity index (χ1v) is 9.20. The quantitative estimate of drug-likeness (QED) is 0.503. The number of nitrogens with one attached hydrogen (secondary N) is 2. The van der Waals surface area contributed by atoms with E-state index in [1.165, 1.54) is 53.1 Å². The molecule has 9 nitrogen and oxygen atoms in total. The van der Waals surface area contributed by atoms with Gasteiger partial charge in [0, 0.05) is 11.1 Å². The summed E-state index contributed by atoms with van der Waals surface area (Å²) >= 11 is 1.19. The van der Waals surface area contributed by atoms with Gasteiger partial charge in [0.05, 0.1) is 18.4 Å². The van der Waals surface area contributed by atoms with Gasteiger partial charge in [-0.3, -0.25) is 14.9 Å². The Labute approximate surface area is 167 Å². The van der Waals surface area contributed by atoms with Gasteiger partial charge in [-0.1, -0.05) is 0 Å². The van der Waals surface area contributed by atoms with E-state index in [0.717, 1.165) is 0 Å². The van der Waals surface area contributed by atoms with Crippen LogP contribution >= 0.6 is 11.3 Å². The molecule has 0 saturated carbocycles. The minimum absolute atomic E-state index is 0.0282. The van der Waals surface area contributed by atoms with Crippen LogP contribution in [0, 0.1) is 5.82 Å². The fourth-order valence-electron chi connectivity index (χ4n) is 2.48. The number of thiazole rings is 1. The van der Waals surface area contributed by atoms with Crippen LogP contribution in [0.25, 0.3) is 5.69 Å². The molecule has 4 rings (SSSR count). The van der Waals surface area contributed by atoms with E-state index in [1.807, 2.05) is 0 Å². The highest BCUT2D eigenvalue weighted by molar-refractivity contribution is 7.14. The second-order valence-corrected chi connectivity index (χ2v) is 6.66. The molecule has 0 bridgehead atoms. The van der Waals surface area contributed by atoms with Crippen molar-refractivity contribution in [2.75, 3.05) is 10.6 Å². The maximum atomic E-state index is 14.2. The Hall–Kier alpha value is -3.86. The first kappa shape index (κ1) is 18.5. The fraction of sp³-hybridized carbons (Fsp3) is 0.0556. The van der Waals surface area contributed by atoms with Gasteiger partial charge >= 0.3 is 0 Å². The molecule has 0 fully saturated rings. The molecule has 146 valence electrons. The Kier molecular flexibility index (Phi) is 5.12. The number of carbonyl (C=O) groups is 2. The van der Waals surface area contributed by atoms with Crippen LogP contribution in [-0.4, -0.2) is 31.6 Å². The van der Waals surface area contributed by atoms with Crippen LogP contribution in [0.1, 0.15) is 16.2 Å². The predicted molar refractivity (Wildman–Crippen MR) is 102 cm³/mol. The number of amides is 2. The van der Waals surface area contributed by atoms with Crippen molar-refractivity contribution in [2.45, 2.75) is 6.42 Å². The van der Waals surface area contributed by atoms with Gasteiger partial charge in [0.2, 0.25) is 5.91 Å². The van der Waals surface area contributed by atoms with Gasteiger partial charge in [-0.15, -0.1) is 11.3 Å². The topological polar surface area (TPSA) is 115 Å². The summed E-state index contributed by atoms with van der Waals surface area (Å²) in [5.74, 6) is -1.18. The molecule has 29 heavy (non-hydrogen) atoms. The van der Waals surface area contributed by atoms with Gasteiger partial charge in [-0.05, 0) is 30.3 Å². The number of furan rings is 1. The van der Waals surface area contributed by atoms with Crippen LogP contribution < -0.4 is 10.6 Å². The van der Waals surface area contributed by atoms with E-state index in [-0.39, 0.29) is 23.8 Å². The third kappa shape index (κ3) is 4.35. The number of aromatic nitrogens is 4. The highest BCUT2D eigenvalue weighted by Crippen LogP contribution is 2.19. The number of anilines is 2. The smallest absolute Gasteiger partial charge is 0.293 e. The van der Waals surface area contributed by atoms with Crippen LogP contribution in [0.4, 0.5) is 15.2 Å². The largest absolute Gasteiger partial charge is 0.459 e. The molecule has 4 aromatic rings. The van der Waals surface area contributed by atoms with Crippen molar-refractivity contribution in [3.63, 3.8) is 0 Å². The van der Waals surface area contributed by atoms with Gasteiger partial charge in [0.1, 0.15) is 18.3 Å². The Morgan fingerprint density at radius 3 is 2.86 bits per heavy atom. The highest BCUT2D eigenvalue weighted by Gasteiger charge is 2.14. The molecule has 0 spiro atoms. The van der Waals surface area contributed by atoms with Crippen molar-refractivity contribution >= 4 is 34.0 Å². The normalized spacial score (nSPS) is 10.7. The molecule has 0 aliphatic carbocycles. The number of rotatable bonds is 6. The Morgan fingerprint density at radius 2 is 2.14 bits per heavy atom. The Morgan fingerprint density at radius 1 is 1.24 bits per heavy atom. The number of hydrogen-bond acceptors (Lipinski definition) is 7. The third-order valence-corrected chi connectivity index (χ3v) is 4.56. The minimum atomic E-state index is -0.551. The molecule has 0 unspecified atom stereocenters. The monoisotopic (exact) mass is 412 g/mol. The summed E-state index contributed by atoms with van der Waals surface area (Å²) in [6.07, 6.45) is 4.04. The second kappa shape index (κ2) is 8.02. The van der Waals surface area contributed by atoms with Gasteiger partial charge in [-0.2, -0.15) is 5.10 Å². The average Bonchev–Trinajstić information content (AvgIpc) is 3.45. The van der Waals surface area contributed by atoms with E-state index in [4.69, 9.17) is 4.42 Å². The average molecular weight is 412 g/mol. The molecule has 0 atom stereocenters. The van der Waals surface area contributed by atoms with Crippen LogP contribution in [0.15, 0.2) is 59.0 Å². The van der Waals surface area contributed by atoms with Gasteiger partial charge < -0.3 is 9.73 Å². The lowest BCUT2D eigenvalue weighted by atomic mass is 10.2. The van der Waals surface area contributed by atoms with Crippen molar-refractivity contribution in [1.82, 2.24) is 19.7 Å². The minimum Gasteiger partial charge on any atom is -0.459 e. The summed E-state index contributed by atoms with van der Waals surface area (Å²) in [5, 5.41) is 11.1. The Balaban J connectivity index is 1.36. The van der Waals surface area contributed by atoms with Gasteiger partial charge in [-0.25, -0.2) is 19.0 Å². The van der Waals surface area contributed by atoms with Crippen molar-refractivity contribution in [3.8, 4) is 5.69 Å². The van der Waals surface area contributed by atoms with Crippen LogP contribution in [0.2, 0.25) is 0 Å². The van der Waals surface area contributed by atoms with Crippen molar-refractivity contribution in [2.24, 2.45) is 0 Å². The maximum Gasteiger partial charge on any atom is 0.293 e. The van der Waals surface area contributed by atoms with Gasteiger partial charge in [0.15, 0.2) is 16.7 Å². The zero-order chi connectivity index (χ0) is 20.2. The summed E-state index contributed by atoms with van der Waals surface area (Å²) in [4.78, 5) is 32.1. The fourth-order valence-corrected chi connectivity index (χ4v) is 3.19. The molecule has 3 heterocycles. The molecule has 0 saturated heterocycles. The van der Waals surface area contributed by atoms with E-state index in [9.17, 15) is 14.0 Å². The lowest BCUT2D eigenvalue weighted by Crippen LogP contribution is -2.15. The second-order valence-electron chi connectivity index (χ2n) is 5.81. The van der Waals surface area contributed by atoms with Crippen molar-refractivity contribution < 1.29 is 18.4 Å². The highest BCUT2D eigenvalue weighted by atomic mass is 32.1. The third-order valence-electron chi connectivity index (χ3n) is 3.76. The van der Waals surface area contributed by atoms with Crippen LogP contribution in [0.5, 0.6) is 0 Å². The van der Waals surface area contributed by atoms with Crippen molar-refractivity contribution in [3.05, 3.63) is 71.9 Å². The maximum absolute atomic E-state index is 14.2. The molecule has 0 aliphatic rings. The molecule has 2 amide bonds.